The van der Waals surface area contributed by atoms with E-state index in [1.54, 1.807) is 18.2 Å². The minimum atomic E-state index is -0.312. The summed E-state index contributed by atoms with van der Waals surface area (Å²) in [5.41, 5.74) is 1.68. The molecule has 2 aromatic rings. The first kappa shape index (κ1) is 15.8. The molecular weight excluding hydrogens is 315 g/mol. The van der Waals surface area contributed by atoms with Gasteiger partial charge in [0.05, 0.1) is 0 Å². The second kappa shape index (κ2) is 6.59. The SMILES string of the molecule is O=C(NCc1ccccc1F)NCC1(c2ccc(Cl)cc2)CC1. The molecule has 1 fully saturated rings. The van der Waals surface area contributed by atoms with Crippen molar-refractivity contribution in [3.63, 3.8) is 0 Å². The highest BCUT2D eigenvalue weighted by atomic mass is 35.5. The number of benzene rings is 2. The van der Waals surface area contributed by atoms with Crippen LogP contribution in [0.1, 0.15) is 24.0 Å². The van der Waals surface area contributed by atoms with Crippen LogP contribution >= 0.6 is 11.6 Å². The summed E-state index contributed by atoms with van der Waals surface area (Å²) < 4.78 is 13.5. The lowest BCUT2D eigenvalue weighted by Crippen LogP contribution is -2.39. The molecule has 0 atom stereocenters. The molecule has 2 N–H and O–H groups in total. The molecule has 0 spiro atoms. The highest BCUT2D eigenvalue weighted by Gasteiger charge is 2.44. The predicted molar refractivity (Wildman–Crippen MR) is 89.0 cm³/mol. The van der Waals surface area contributed by atoms with Gasteiger partial charge in [-0.15, -0.1) is 0 Å². The summed E-state index contributed by atoms with van der Waals surface area (Å²) in [7, 11) is 0. The van der Waals surface area contributed by atoms with E-state index in [4.69, 9.17) is 11.6 Å². The molecule has 2 aromatic carbocycles. The van der Waals surface area contributed by atoms with Gasteiger partial charge in [0.1, 0.15) is 5.82 Å². The third-order valence-electron chi connectivity index (χ3n) is 4.29. The number of nitrogens with one attached hydrogen (secondary N) is 2. The Morgan fingerprint density at radius 3 is 2.43 bits per heavy atom. The molecule has 120 valence electrons. The number of rotatable bonds is 5. The molecule has 0 bridgehead atoms. The van der Waals surface area contributed by atoms with E-state index >= 15 is 0 Å². The van der Waals surface area contributed by atoms with E-state index in [0.29, 0.717) is 17.1 Å². The Morgan fingerprint density at radius 1 is 1.09 bits per heavy atom. The molecule has 0 unspecified atom stereocenters. The smallest absolute Gasteiger partial charge is 0.315 e. The molecule has 0 saturated heterocycles. The van der Waals surface area contributed by atoms with Crippen molar-refractivity contribution in [2.24, 2.45) is 0 Å². The highest BCUT2D eigenvalue weighted by Crippen LogP contribution is 2.47. The maximum atomic E-state index is 13.5. The number of halogens is 2. The molecule has 0 aliphatic heterocycles. The van der Waals surface area contributed by atoms with E-state index < -0.39 is 0 Å². The average Bonchev–Trinajstić information content (AvgIpc) is 3.34. The second-order valence-electron chi connectivity index (χ2n) is 5.91. The summed E-state index contributed by atoms with van der Waals surface area (Å²) in [6.45, 7) is 0.740. The van der Waals surface area contributed by atoms with Crippen LogP contribution in [0.2, 0.25) is 5.02 Å². The van der Waals surface area contributed by atoms with Crippen molar-refractivity contribution in [3.05, 3.63) is 70.5 Å². The molecule has 3 nitrogen and oxygen atoms in total. The van der Waals surface area contributed by atoms with Crippen LogP contribution in [0.4, 0.5) is 9.18 Å². The Morgan fingerprint density at radius 2 is 1.78 bits per heavy atom. The van der Waals surface area contributed by atoms with E-state index in [1.165, 1.54) is 11.6 Å². The van der Waals surface area contributed by atoms with E-state index in [2.05, 4.69) is 10.6 Å². The van der Waals surface area contributed by atoms with Crippen LogP contribution in [0.5, 0.6) is 0 Å². The first-order valence-electron chi connectivity index (χ1n) is 7.60. The van der Waals surface area contributed by atoms with Crippen molar-refractivity contribution in [3.8, 4) is 0 Å². The molecule has 2 amide bonds. The number of carbonyl (C=O) groups is 1. The Labute approximate surface area is 139 Å². The molecule has 1 aliphatic carbocycles. The van der Waals surface area contributed by atoms with Gasteiger partial charge in [-0.1, -0.05) is 41.9 Å². The third-order valence-corrected chi connectivity index (χ3v) is 4.55. The van der Waals surface area contributed by atoms with Crippen molar-refractivity contribution < 1.29 is 9.18 Å². The van der Waals surface area contributed by atoms with Gasteiger partial charge in [0.15, 0.2) is 0 Å². The van der Waals surface area contributed by atoms with Crippen molar-refractivity contribution in [2.45, 2.75) is 24.8 Å². The second-order valence-corrected chi connectivity index (χ2v) is 6.35. The number of urea groups is 1. The Hall–Kier alpha value is -2.07. The quantitative estimate of drug-likeness (QED) is 0.853. The molecule has 0 radical (unpaired) electrons. The number of carbonyl (C=O) groups excluding carboxylic acids is 1. The fourth-order valence-corrected chi connectivity index (χ4v) is 2.78. The molecule has 5 heteroatoms. The maximum absolute atomic E-state index is 13.5. The zero-order chi connectivity index (χ0) is 16.3. The van der Waals surface area contributed by atoms with Crippen molar-refractivity contribution in [1.82, 2.24) is 10.6 Å². The van der Waals surface area contributed by atoms with E-state index in [-0.39, 0.29) is 23.8 Å². The van der Waals surface area contributed by atoms with Gasteiger partial charge in [-0.2, -0.15) is 0 Å². The molecule has 1 aliphatic rings. The Balaban J connectivity index is 1.51. The summed E-state index contributed by atoms with van der Waals surface area (Å²) in [4.78, 5) is 11.9. The Kier molecular flexibility index (Phi) is 4.53. The number of amides is 2. The van der Waals surface area contributed by atoms with Gasteiger partial charge >= 0.3 is 6.03 Å². The van der Waals surface area contributed by atoms with E-state index in [1.807, 2.05) is 24.3 Å². The largest absolute Gasteiger partial charge is 0.337 e. The minimum Gasteiger partial charge on any atom is -0.337 e. The standard InChI is InChI=1S/C18H18ClFN2O/c19-15-7-5-14(6-8-15)18(9-10-18)12-22-17(23)21-11-13-3-1-2-4-16(13)20/h1-8H,9-12H2,(H2,21,22,23). The maximum Gasteiger partial charge on any atom is 0.315 e. The molecule has 23 heavy (non-hydrogen) atoms. The first-order valence-corrected chi connectivity index (χ1v) is 7.98. The molecule has 0 heterocycles. The summed E-state index contributed by atoms with van der Waals surface area (Å²) in [6, 6.07) is 13.9. The van der Waals surface area contributed by atoms with Gasteiger partial charge in [-0.25, -0.2) is 9.18 Å². The van der Waals surface area contributed by atoms with Crippen LogP contribution in [-0.2, 0) is 12.0 Å². The minimum absolute atomic E-state index is 0.0138. The average molecular weight is 333 g/mol. The van der Waals surface area contributed by atoms with Crippen molar-refractivity contribution >= 4 is 17.6 Å². The molecular formula is C18H18ClFN2O. The van der Waals surface area contributed by atoms with Gasteiger partial charge < -0.3 is 10.6 Å². The molecule has 3 rings (SSSR count). The number of hydrogen-bond acceptors (Lipinski definition) is 1. The summed E-state index contributed by atoms with van der Waals surface area (Å²) in [5.74, 6) is -0.312. The number of hydrogen-bond donors (Lipinski definition) is 2. The first-order chi connectivity index (χ1) is 11.1. The molecule has 1 saturated carbocycles. The van der Waals surface area contributed by atoms with Gasteiger partial charge in [0.2, 0.25) is 0 Å². The van der Waals surface area contributed by atoms with Crippen molar-refractivity contribution in [1.29, 1.82) is 0 Å². The third kappa shape index (κ3) is 3.82. The summed E-state index contributed by atoms with van der Waals surface area (Å²) in [6.07, 6.45) is 2.09. The van der Waals surface area contributed by atoms with Crippen molar-refractivity contribution in [2.75, 3.05) is 6.54 Å². The lowest BCUT2D eigenvalue weighted by molar-refractivity contribution is 0.239. The fourth-order valence-electron chi connectivity index (χ4n) is 2.65. The van der Waals surface area contributed by atoms with Crippen LogP contribution < -0.4 is 10.6 Å². The monoisotopic (exact) mass is 332 g/mol. The molecule has 0 aromatic heterocycles. The van der Waals surface area contributed by atoms with Gasteiger partial charge in [-0.3, -0.25) is 0 Å². The van der Waals surface area contributed by atoms with Crippen LogP contribution in [0.3, 0.4) is 0 Å². The van der Waals surface area contributed by atoms with E-state index in [0.717, 1.165) is 12.8 Å². The van der Waals surface area contributed by atoms with Gasteiger partial charge in [0.25, 0.3) is 0 Å². The van der Waals surface area contributed by atoms with Crippen LogP contribution in [0, 0.1) is 5.82 Å². The topological polar surface area (TPSA) is 41.1 Å². The highest BCUT2D eigenvalue weighted by molar-refractivity contribution is 6.30. The summed E-state index contributed by atoms with van der Waals surface area (Å²) in [5, 5.41) is 6.28. The van der Waals surface area contributed by atoms with Crippen LogP contribution in [-0.4, -0.2) is 12.6 Å². The summed E-state index contributed by atoms with van der Waals surface area (Å²) >= 11 is 5.91. The van der Waals surface area contributed by atoms with Crippen LogP contribution in [0.25, 0.3) is 0 Å². The lowest BCUT2D eigenvalue weighted by Gasteiger charge is -2.17. The zero-order valence-corrected chi connectivity index (χ0v) is 13.4. The van der Waals surface area contributed by atoms with Crippen LogP contribution in [0.15, 0.2) is 48.5 Å². The van der Waals surface area contributed by atoms with Gasteiger partial charge in [-0.05, 0) is 36.6 Å². The van der Waals surface area contributed by atoms with Gasteiger partial charge in [0, 0.05) is 29.1 Å². The predicted octanol–water partition coefficient (Wildman–Crippen LogP) is 4.01. The normalized spacial score (nSPS) is 15.0. The van der Waals surface area contributed by atoms with E-state index in [9.17, 15) is 9.18 Å². The fraction of sp³-hybridized carbons (Fsp3) is 0.278. The zero-order valence-electron chi connectivity index (χ0n) is 12.6. The lowest BCUT2D eigenvalue weighted by atomic mass is 9.96. The Bertz CT molecular complexity index is 698.